The fourth-order valence-electron chi connectivity index (χ4n) is 1.77. The van der Waals surface area contributed by atoms with Crippen molar-refractivity contribution in [1.82, 2.24) is 0 Å². The maximum absolute atomic E-state index is 10.9. The van der Waals surface area contributed by atoms with Crippen LogP contribution in [0.3, 0.4) is 0 Å². The lowest BCUT2D eigenvalue weighted by molar-refractivity contribution is -0.00935. The number of ether oxygens (including phenoxy) is 2. The second kappa shape index (κ2) is 5.19. The summed E-state index contributed by atoms with van der Waals surface area (Å²) in [6.45, 7) is 0.412. The van der Waals surface area contributed by atoms with E-state index in [1.165, 1.54) is 12.5 Å². The summed E-state index contributed by atoms with van der Waals surface area (Å²) in [5, 5.41) is 8.93. The third kappa shape index (κ3) is 2.77. The molecule has 0 atom stereocenters. The molecule has 1 aromatic rings. The Labute approximate surface area is 100 Å². The van der Waals surface area contributed by atoms with Gasteiger partial charge < -0.3 is 14.6 Å². The minimum atomic E-state index is -0.933. The zero-order valence-electron chi connectivity index (χ0n) is 9.81. The van der Waals surface area contributed by atoms with Crippen LogP contribution in [0.1, 0.15) is 35.2 Å². The van der Waals surface area contributed by atoms with Crippen molar-refractivity contribution in [2.75, 3.05) is 7.11 Å². The van der Waals surface area contributed by atoms with Crippen LogP contribution in [-0.4, -0.2) is 24.3 Å². The topological polar surface area (TPSA) is 55.8 Å². The zero-order chi connectivity index (χ0) is 12.3. The molecule has 4 nitrogen and oxygen atoms in total. The van der Waals surface area contributed by atoms with Gasteiger partial charge in [-0.05, 0) is 37.5 Å². The van der Waals surface area contributed by atoms with Gasteiger partial charge in [0.1, 0.15) is 5.75 Å². The average Bonchev–Trinajstić information content (AvgIpc) is 2.26. The van der Waals surface area contributed by atoms with E-state index >= 15 is 0 Å². The number of carbonyl (C=O) groups is 1. The summed E-state index contributed by atoms with van der Waals surface area (Å²) in [5.41, 5.74) is 1.05. The van der Waals surface area contributed by atoms with E-state index in [9.17, 15) is 4.79 Å². The highest BCUT2D eigenvalue weighted by Gasteiger charge is 2.18. The van der Waals surface area contributed by atoms with Crippen molar-refractivity contribution >= 4 is 5.97 Å². The van der Waals surface area contributed by atoms with Crippen LogP contribution in [0.15, 0.2) is 18.2 Å². The van der Waals surface area contributed by atoms with Gasteiger partial charge in [-0.3, -0.25) is 0 Å². The molecule has 0 spiro atoms. The lowest BCUT2D eigenvalue weighted by Gasteiger charge is -2.25. The minimum absolute atomic E-state index is 0.262. The Balaban J connectivity index is 2.10. The normalized spacial score (nSPS) is 15.4. The number of hydrogen-bond donors (Lipinski definition) is 1. The number of hydrogen-bond acceptors (Lipinski definition) is 3. The van der Waals surface area contributed by atoms with Gasteiger partial charge in [-0.25, -0.2) is 4.79 Å². The van der Waals surface area contributed by atoms with Crippen LogP contribution in [0.25, 0.3) is 0 Å². The first-order valence-electron chi connectivity index (χ1n) is 5.72. The molecule has 0 saturated heterocycles. The first kappa shape index (κ1) is 11.9. The SMILES string of the molecule is COc1ccc(C(=O)O)cc1COC1CCC1. The molecule has 17 heavy (non-hydrogen) atoms. The van der Waals surface area contributed by atoms with Crippen molar-refractivity contribution in [3.8, 4) is 5.75 Å². The number of rotatable bonds is 5. The van der Waals surface area contributed by atoms with Crippen LogP contribution in [0.5, 0.6) is 5.75 Å². The molecular formula is C13H16O4. The molecule has 0 bridgehead atoms. The molecule has 0 heterocycles. The molecular weight excluding hydrogens is 220 g/mol. The predicted molar refractivity (Wildman–Crippen MR) is 62.4 cm³/mol. The van der Waals surface area contributed by atoms with Crippen molar-refractivity contribution in [3.63, 3.8) is 0 Å². The highest BCUT2D eigenvalue weighted by atomic mass is 16.5. The molecule has 2 rings (SSSR count). The third-order valence-corrected chi connectivity index (χ3v) is 3.05. The first-order chi connectivity index (χ1) is 8.20. The second-order valence-corrected chi connectivity index (χ2v) is 4.20. The molecule has 1 aromatic carbocycles. The fraction of sp³-hybridized carbons (Fsp3) is 0.462. The maximum Gasteiger partial charge on any atom is 0.335 e. The summed E-state index contributed by atoms with van der Waals surface area (Å²) in [4.78, 5) is 10.9. The average molecular weight is 236 g/mol. The van der Waals surface area contributed by atoms with Gasteiger partial charge in [-0.1, -0.05) is 0 Å². The molecule has 0 amide bonds. The van der Waals surface area contributed by atoms with Crippen LogP contribution >= 0.6 is 0 Å². The van der Waals surface area contributed by atoms with Crippen molar-refractivity contribution < 1.29 is 19.4 Å². The number of aromatic carboxylic acids is 1. The number of methoxy groups -OCH3 is 1. The number of carboxylic acids is 1. The molecule has 4 heteroatoms. The molecule has 1 aliphatic carbocycles. The standard InChI is InChI=1S/C13H16O4/c1-16-12-6-5-9(13(14)15)7-10(12)8-17-11-3-2-4-11/h5-7,11H,2-4,8H2,1H3,(H,14,15). The monoisotopic (exact) mass is 236 g/mol. The van der Waals surface area contributed by atoms with Crippen LogP contribution in [0.4, 0.5) is 0 Å². The van der Waals surface area contributed by atoms with E-state index in [1.54, 1.807) is 19.2 Å². The molecule has 1 saturated carbocycles. The fourth-order valence-corrected chi connectivity index (χ4v) is 1.77. The highest BCUT2D eigenvalue weighted by molar-refractivity contribution is 5.88. The van der Waals surface area contributed by atoms with Crippen LogP contribution < -0.4 is 4.74 Å². The van der Waals surface area contributed by atoms with Crippen molar-refractivity contribution in [1.29, 1.82) is 0 Å². The third-order valence-electron chi connectivity index (χ3n) is 3.05. The van der Waals surface area contributed by atoms with E-state index in [4.69, 9.17) is 14.6 Å². The summed E-state index contributed by atoms with van der Waals surface area (Å²) < 4.78 is 10.9. The molecule has 0 radical (unpaired) electrons. The minimum Gasteiger partial charge on any atom is -0.496 e. The van der Waals surface area contributed by atoms with Gasteiger partial charge in [0.25, 0.3) is 0 Å². The lowest BCUT2D eigenvalue weighted by atomic mass is 9.96. The van der Waals surface area contributed by atoms with E-state index in [1.807, 2.05) is 0 Å². The van der Waals surface area contributed by atoms with Crippen molar-refractivity contribution in [2.45, 2.75) is 32.0 Å². The second-order valence-electron chi connectivity index (χ2n) is 4.20. The van der Waals surface area contributed by atoms with E-state index < -0.39 is 5.97 Å². The van der Waals surface area contributed by atoms with E-state index in [0.29, 0.717) is 18.5 Å². The number of carboxylic acid groups (broad SMARTS) is 1. The molecule has 0 aliphatic heterocycles. The smallest absolute Gasteiger partial charge is 0.335 e. The molecule has 0 unspecified atom stereocenters. The van der Waals surface area contributed by atoms with Gasteiger partial charge in [0.2, 0.25) is 0 Å². The molecule has 0 aromatic heterocycles. The summed E-state index contributed by atoms with van der Waals surface area (Å²) in [5.74, 6) is -0.258. The maximum atomic E-state index is 10.9. The summed E-state index contributed by atoms with van der Waals surface area (Å²) in [7, 11) is 1.57. The summed E-state index contributed by atoms with van der Waals surface area (Å²) in [6, 6.07) is 4.82. The van der Waals surface area contributed by atoms with Gasteiger partial charge in [-0.15, -0.1) is 0 Å². The Hall–Kier alpha value is -1.55. The van der Waals surface area contributed by atoms with E-state index in [-0.39, 0.29) is 5.56 Å². The van der Waals surface area contributed by atoms with Gasteiger partial charge in [0, 0.05) is 5.56 Å². The van der Waals surface area contributed by atoms with Crippen molar-refractivity contribution in [3.05, 3.63) is 29.3 Å². The van der Waals surface area contributed by atoms with E-state index in [2.05, 4.69) is 0 Å². The number of benzene rings is 1. The Morgan fingerprint density at radius 1 is 1.47 bits per heavy atom. The quantitative estimate of drug-likeness (QED) is 0.853. The zero-order valence-corrected chi connectivity index (χ0v) is 9.81. The van der Waals surface area contributed by atoms with Crippen molar-refractivity contribution in [2.24, 2.45) is 0 Å². The van der Waals surface area contributed by atoms with Gasteiger partial charge in [-0.2, -0.15) is 0 Å². The Morgan fingerprint density at radius 3 is 2.76 bits per heavy atom. The van der Waals surface area contributed by atoms with Crippen LogP contribution in [-0.2, 0) is 11.3 Å². The largest absolute Gasteiger partial charge is 0.496 e. The Kier molecular flexibility index (Phi) is 3.64. The molecule has 1 aliphatic rings. The van der Waals surface area contributed by atoms with Gasteiger partial charge >= 0.3 is 5.97 Å². The summed E-state index contributed by atoms with van der Waals surface area (Å²) >= 11 is 0. The van der Waals surface area contributed by atoms with Gasteiger partial charge in [0.15, 0.2) is 0 Å². The Morgan fingerprint density at radius 2 is 2.24 bits per heavy atom. The van der Waals surface area contributed by atoms with Crippen LogP contribution in [0.2, 0.25) is 0 Å². The predicted octanol–water partition coefficient (Wildman–Crippen LogP) is 2.46. The highest BCUT2D eigenvalue weighted by Crippen LogP contribution is 2.26. The molecule has 1 fully saturated rings. The lowest BCUT2D eigenvalue weighted by Crippen LogP contribution is -2.21. The molecule has 92 valence electrons. The Bertz CT molecular complexity index is 410. The van der Waals surface area contributed by atoms with Crippen LogP contribution in [0, 0.1) is 0 Å². The molecule has 1 N–H and O–H groups in total. The van der Waals surface area contributed by atoms with E-state index in [0.717, 1.165) is 18.4 Å². The van der Waals surface area contributed by atoms with Gasteiger partial charge in [0.05, 0.1) is 25.4 Å². The summed E-state index contributed by atoms with van der Waals surface area (Å²) in [6.07, 6.45) is 3.74. The first-order valence-corrected chi connectivity index (χ1v) is 5.72.